The van der Waals surface area contributed by atoms with Crippen molar-refractivity contribution in [1.82, 2.24) is 24.5 Å². The van der Waals surface area contributed by atoms with E-state index in [4.69, 9.17) is 0 Å². The van der Waals surface area contributed by atoms with Crippen molar-refractivity contribution in [2.75, 3.05) is 6.54 Å². The number of aromatic nitrogens is 4. The molecule has 7 nitrogen and oxygen atoms in total. The molecule has 0 saturated carbocycles. The quantitative estimate of drug-likeness (QED) is 0.699. The number of hydrogen-bond donors (Lipinski definition) is 1. The highest BCUT2D eigenvalue weighted by Crippen LogP contribution is 2.11. The van der Waals surface area contributed by atoms with E-state index < -0.39 is 10.0 Å². The monoisotopic (exact) mass is 355 g/mol. The van der Waals surface area contributed by atoms with E-state index >= 15 is 0 Å². The molecule has 0 fully saturated rings. The molecule has 0 unspecified atom stereocenters. The largest absolute Gasteiger partial charge is 0.271 e. The minimum Gasteiger partial charge on any atom is -0.271 e. The molecule has 0 atom stereocenters. The predicted octanol–water partition coefficient (Wildman–Crippen LogP) is 1.93. The Hall–Kier alpha value is -2.84. The average Bonchev–Trinajstić information content (AvgIpc) is 3.11. The molecule has 0 amide bonds. The van der Waals surface area contributed by atoms with Crippen molar-refractivity contribution >= 4 is 16.1 Å². The number of benzene rings is 1. The van der Waals surface area contributed by atoms with Gasteiger partial charge in [0, 0.05) is 30.5 Å². The molecule has 1 N–H and O–H groups in total. The summed E-state index contributed by atoms with van der Waals surface area (Å²) in [6, 6.07) is 11.1. The van der Waals surface area contributed by atoms with Crippen LogP contribution in [0.2, 0.25) is 0 Å². The van der Waals surface area contributed by atoms with Crippen LogP contribution in [-0.2, 0) is 16.6 Å². The minimum atomic E-state index is -3.49. The van der Waals surface area contributed by atoms with E-state index in [9.17, 15) is 8.42 Å². The second-order valence-corrected chi connectivity index (χ2v) is 6.86. The Kier molecular flexibility index (Phi) is 5.32. The maximum Gasteiger partial charge on any atom is 0.233 e. The number of rotatable bonds is 7. The molecule has 1 aromatic carbocycles. The lowest BCUT2D eigenvalue weighted by atomic mass is 10.2. The molecule has 8 heteroatoms. The van der Waals surface area contributed by atoms with Crippen LogP contribution in [0.4, 0.5) is 0 Å². The van der Waals surface area contributed by atoms with Gasteiger partial charge in [-0.3, -0.25) is 14.6 Å². The van der Waals surface area contributed by atoms with E-state index in [1.54, 1.807) is 35.5 Å². The first-order chi connectivity index (χ1) is 12.1. The highest BCUT2D eigenvalue weighted by molar-refractivity contribution is 7.92. The van der Waals surface area contributed by atoms with Gasteiger partial charge in [0.25, 0.3) is 0 Å². The van der Waals surface area contributed by atoms with E-state index in [0.29, 0.717) is 17.9 Å². The Labute approximate surface area is 146 Å². The zero-order valence-corrected chi connectivity index (χ0v) is 14.2. The second kappa shape index (κ2) is 7.82. The van der Waals surface area contributed by atoms with Crippen molar-refractivity contribution in [3.63, 3.8) is 0 Å². The third kappa shape index (κ3) is 5.07. The van der Waals surface area contributed by atoms with Gasteiger partial charge in [-0.25, -0.2) is 13.1 Å². The van der Waals surface area contributed by atoms with Crippen molar-refractivity contribution in [2.45, 2.75) is 6.54 Å². The Morgan fingerprint density at radius 1 is 1.08 bits per heavy atom. The number of nitrogens with zero attached hydrogens (tertiary/aromatic N) is 4. The summed E-state index contributed by atoms with van der Waals surface area (Å²) < 4.78 is 28.1. The zero-order valence-electron chi connectivity index (χ0n) is 13.4. The molecule has 0 aliphatic rings. The van der Waals surface area contributed by atoms with E-state index in [0.717, 1.165) is 11.0 Å². The smallest absolute Gasteiger partial charge is 0.233 e. The van der Waals surface area contributed by atoms with Gasteiger partial charge in [-0.2, -0.15) is 5.10 Å². The number of hydrogen-bond acceptors (Lipinski definition) is 5. The van der Waals surface area contributed by atoms with E-state index in [2.05, 4.69) is 19.8 Å². The van der Waals surface area contributed by atoms with Crippen molar-refractivity contribution < 1.29 is 8.42 Å². The molecular weight excluding hydrogens is 338 g/mol. The van der Waals surface area contributed by atoms with Crippen LogP contribution in [0.1, 0.15) is 5.56 Å². The van der Waals surface area contributed by atoms with Gasteiger partial charge in [0.15, 0.2) is 0 Å². The summed E-state index contributed by atoms with van der Waals surface area (Å²) in [5, 5.41) is 5.52. The fourth-order valence-electron chi connectivity index (χ4n) is 2.14. The molecular formula is C17H17N5O2S. The van der Waals surface area contributed by atoms with Crippen LogP contribution in [0.15, 0.2) is 66.6 Å². The van der Waals surface area contributed by atoms with Crippen molar-refractivity contribution in [3.8, 4) is 11.4 Å². The standard InChI is InChI=1S/C17H17N5O2S/c23-25(24,13-7-15-4-2-1-3-5-15)20-10-12-22-11-6-16(21-22)17-14-18-8-9-19-17/h1-9,11,13-14,20H,10,12H2. The molecule has 25 heavy (non-hydrogen) atoms. The lowest BCUT2D eigenvalue weighted by Crippen LogP contribution is -2.25. The number of sulfonamides is 1. The Morgan fingerprint density at radius 3 is 2.68 bits per heavy atom. The average molecular weight is 355 g/mol. The lowest BCUT2D eigenvalue weighted by molar-refractivity contribution is 0.568. The summed E-state index contributed by atoms with van der Waals surface area (Å²) in [5.74, 6) is 0. The van der Waals surface area contributed by atoms with Gasteiger partial charge in [-0.1, -0.05) is 30.3 Å². The van der Waals surface area contributed by atoms with Gasteiger partial charge in [0.05, 0.1) is 12.7 Å². The number of nitrogens with one attached hydrogen (secondary N) is 1. The molecule has 3 rings (SSSR count). The van der Waals surface area contributed by atoms with Crippen molar-refractivity contribution in [3.05, 3.63) is 72.2 Å². The maximum absolute atomic E-state index is 12.0. The molecule has 0 saturated heterocycles. The maximum atomic E-state index is 12.0. The summed E-state index contributed by atoms with van der Waals surface area (Å²) in [6.45, 7) is 0.654. The first-order valence-electron chi connectivity index (χ1n) is 7.65. The summed E-state index contributed by atoms with van der Waals surface area (Å²) >= 11 is 0. The van der Waals surface area contributed by atoms with Gasteiger partial charge in [-0.15, -0.1) is 0 Å². The van der Waals surface area contributed by atoms with Crippen LogP contribution in [-0.4, -0.2) is 34.7 Å². The van der Waals surface area contributed by atoms with Crippen LogP contribution in [0, 0.1) is 0 Å². The van der Waals surface area contributed by atoms with E-state index in [-0.39, 0.29) is 6.54 Å². The third-order valence-corrected chi connectivity index (χ3v) is 4.45. The minimum absolute atomic E-state index is 0.239. The Bertz CT molecular complexity index is 937. The van der Waals surface area contributed by atoms with Crippen LogP contribution in [0.25, 0.3) is 17.5 Å². The normalized spacial score (nSPS) is 11.8. The molecule has 0 bridgehead atoms. The Balaban J connectivity index is 1.54. The summed E-state index contributed by atoms with van der Waals surface area (Å²) in [7, 11) is -3.49. The lowest BCUT2D eigenvalue weighted by Gasteiger charge is -2.03. The van der Waals surface area contributed by atoms with Gasteiger partial charge in [-0.05, 0) is 17.7 Å². The van der Waals surface area contributed by atoms with Crippen molar-refractivity contribution in [1.29, 1.82) is 0 Å². The second-order valence-electron chi connectivity index (χ2n) is 5.21. The molecule has 0 radical (unpaired) electrons. The van der Waals surface area contributed by atoms with E-state index in [1.165, 1.54) is 0 Å². The molecule has 0 spiro atoms. The predicted molar refractivity (Wildman–Crippen MR) is 95.7 cm³/mol. The Morgan fingerprint density at radius 2 is 1.92 bits per heavy atom. The van der Waals surface area contributed by atoms with Gasteiger partial charge in [0.2, 0.25) is 10.0 Å². The van der Waals surface area contributed by atoms with Crippen LogP contribution < -0.4 is 4.72 Å². The topological polar surface area (TPSA) is 89.8 Å². The van der Waals surface area contributed by atoms with Crippen LogP contribution in [0.3, 0.4) is 0 Å². The molecule has 2 aromatic heterocycles. The SMILES string of the molecule is O=S(=O)(C=Cc1ccccc1)NCCn1ccc(-c2cnccn2)n1. The van der Waals surface area contributed by atoms with Gasteiger partial charge < -0.3 is 0 Å². The third-order valence-electron chi connectivity index (χ3n) is 3.35. The fraction of sp³-hybridized carbons (Fsp3) is 0.118. The molecule has 3 aromatic rings. The highest BCUT2D eigenvalue weighted by atomic mass is 32.2. The van der Waals surface area contributed by atoms with Gasteiger partial charge in [0.1, 0.15) is 11.4 Å². The van der Waals surface area contributed by atoms with E-state index in [1.807, 2.05) is 36.4 Å². The zero-order chi connectivity index (χ0) is 17.5. The van der Waals surface area contributed by atoms with Crippen LogP contribution >= 0.6 is 0 Å². The first kappa shape index (κ1) is 17.0. The molecule has 2 heterocycles. The highest BCUT2D eigenvalue weighted by Gasteiger charge is 2.06. The summed E-state index contributed by atoms with van der Waals surface area (Å²) in [6.07, 6.45) is 8.16. The van der Waals surface area contributed by atoms with Gasteiger partial charge >= 0.3 is 0 Å². The van der Waals surface area contributed by atoms with Crippen molar-refractivity contribution in [2.24, 2.45) is 0 Å². The molecule has 128 valence electrons. The fourth-order valence-corrected chi connectivity index (χ4v) is 2.95. The first-order valence-corrected chi connectivity index (χ1v) is 9.20. The summed E-state index contributed by atoms with van der Waals surface area (Å²) in [4.78, 5) is 8.18. The van der Waals surface area contributed by atoms with Crippen LogP contribution in [0.5, 0.6) is 0 Å². The molecule has 0 aliphatic carbocycles. The summed E-state index contributed by atoms with van der Waals surface area (Å²) in [5.41, 5.74) is 2.20. The molecule has 0 aliphatic heterocycles.